The van der Waals surface area contributed by atoms with Crippen LogP contribution in [-0.2, 0) is 4.79 Å². The molecule has 0 unspecified atom stereocenters. The zero-order valence-corrected chi connectivity index (χ0v) is 11.9. The number of rotatable bonds is 1. The van der Waals surface area contributed by atoms with Crippen LogP contribution in [0.2, 0.25) is 0 Å². The Labute approximate surface area is 116 Å². The molecule has 0 fully saturated rings. The molecule has 0 aromatic heterocycles. The Hall–Kier alpha value is -1.56. The second-order valence-corrected chi connectivity index (χ2v) is 7.06. The second-order valence-electron chi connectivity index (χ2n) is 3.96. The van der Waals surface area contributed by atoms with E-state index in [-0.39, 0.29) is 5.91 Å². The second kappa shape index (κ2) is 4.97. The van der Waals surface area contributed by atoms with Crippen LogP contribution < -0.4 is 8.93 Å². The van der Waals surface area contributed by atoms with Crippen molar-refractivity contribution in [3.63, 3.8) is 0 Å². The monoisotopic (exact) mass is 351 g/mol. The number of amides is 1. The molecule has 3 rings (SSSR count). The molecule has 88 valence electrons. The number of nitrogens with one attached hydrogen (secondary N) is 1. The fraction of sp³-hybridized carbons (Fsp3) is 0. The summed E-state index contributed by atoms with van der Waals surface area (Å²) >= 11 is -0.527. The van der Waals surface area contributed by atoms with Crippen molar-refractivity contribution < 1.29 is 4.79 Å². The molecule has 0 bridgehead atoms. The van der Waals surface area contributed by atoms with Crippen molar-refractivity contribution in [1.29, 1.82) is 0 Å². The Morgan fingerprint density at radius 3 is 2.44 bits per heavy atom. The average Bonchev–Trinajstić information content (AvgIpc) is 2.57. The van der Waals surface area contributed by atoms with Crippen LogP contribution in [0.3, 0.4) is 0 Å². The summed E-state index contributed by atoms with van der Waals surface area (Å²) in [5, 5.41) is 2.94. The van der Waals surface area contributed by atoms with Gasteiger partial charge in [0.25, 0.3) is 0 Å². The molecule has 0 spiro atoms. The molecule has 2 aromatic rings. The molecule has 3 heteroatoms. The van der Waals surface area contributed by atoms with E-state index >= 15 is 0 Å². The molecular weight excluding hydrogens is 338 g/mol. The van der Waals surface area contributed by atoms with Crippen LogP contribution in [0, 0.1) is 0 Å². The Bertz CT molecular complexity index is 619. The number of para-hydroxylation sites is 1. The van der Waals surface area contributed by atoms with E-state index < -0.39 is 20.9 Å². The number of carbonyl (C=O) groups excluding carboxylic acids is 1. The molecule has 0 saturated heterocycles. The number of carbonyl (C=O) groups is 1. The van der Waals surface area contributed by atoms with Gasteiger partial charge in [0.15, 0.2) is 0 Å². The quantitative estimate of drug-likeness (QED) is 0.785. The molecule has 1 N–H and O–H groups in total. The van der Waals surface area contributed by atoms with Gasteiger partial charge in [-0.05, 0) is 0 Å². The van der Waals surface area contributed by atoms with E-state index in [9.17, 15) is 4.79 Å². The average molecular weight is 349 g/mol. The summed E-state index contributed by atoms with van der Waals surface area (Å²) in [6.07, 6.45) is 1.75. The number of hydrogen-bond acceptors (Lipinski definition) is 1. The van der Waals surface area contributed by atoms with Gasteiger partial charge in [-0.2, -0.15) is 0 Å². The third kappa shape index (κ3) is 2.33. The van der Waals surface area contributed by atoms with E-state index in [0.29, 0.717) is 0 Å². The van der Waals surface area contributed by atoms with Crippen molar-refractivity contribution in [1.82, 2.24) is 0 Å². The van der Waals surface area contributed by atoms with E-state index in [0.717, 1.165) is 11.3 Å². The summed E-state index contributed by atoms with van der Waals surface area (Å²) in [5.74, 6) is -0.0242. The van der Waals surface area contributed by atoms with Gasteiger partial charge < -0.3 is 0 Å². The van der Waals surface area contributed by atoms with Gasteiger partial charge in [-0.3, -0.25) is 0 Å². The molecule has 1 aliphatic heterocycles. The number of benzene rings is 2. The zero-order valence-electron chi connectivity index (χ0n) is 9.59. The standard InChI is InChI=1S/C15H11NOTe/c17-15-10-14(11-6-2-1-3-7-11)18-13-9-5-4-8-12(13)16-15/h1-10H,(H,16,17). The predicted molar refractivity (Wildman–Crippen MR) is 74.9 cm³/mol. The van der Waals surface area contributed by atoms with E-state index in [1.165, 1.54) is 7.23 Å². The van der Waals surface area contributed by atoms with Crippen LogP contribution in [-0.4, -0.2) is 26.8 Å². The van der Waals surface area contributed by atoms with Gasteiger partial charge >= 0.3 is 116 Å². The van der Waals surface area contributed by atoms with Crippen LogP contribution in [0.25, 0.3) is 3.62 Å². The van der Waals surface area contributed by atoms with Crippen molar-refractivity contribution >= 4 is 39.8 Å². The fourth-order valence-electron chi connectivity index (χ4n) is 1.84. The minimum absolute atomic E-state index is 0.0242. The molecule has 0 atom stereocenters. The first-order chi connectivity index (χ1) is 8.83. The Morgan fingerprint density at radius 1 is 0.889 bits per heavy atom. The van der Waals surface area contributed by atoms with Crippen molar-refractivity contribution in [2.75, 3.05) is 5.32 Å². The molecule has 18 heavy (non-hydrogen) atoms. The molecule has 1 amide bonds. The molecular formula is C15H11NOTe. The van der Waals surface area contributed by atoms with E-state index in [1.807, 2.05) is 36.4 Å². The van der Waals surface area contributed by atoms with Gasteiger partial charge in [-0.15, -0.1) is 0 Å². The van der Waals surface area contributed by atoms with Crippen molar-refractivity contribution in [2.45, 2.75) is 0 Å². The number of hydrogen-bond donors (Lipinski definition) is 1. The third-order valence-corrected chi connectivity index (χ3v) is 5.97. The first kappa shape index (κ1) is 11.5. The fourth-order valence-corrected chi connectivity index (χ4v) is 4.79. The molecule has 0 radical (unpaired) electrons. The molecule has 0 aliphatic carbocycles. The van der Waals surface area contributed by atoms with Gasteiger partial charge in [0, 0.05) is 0 Å². The third-order valence-electron chi connectivity index (χ3n) is 2.69. The molecule has 1 aliphatic rings. The van der Waals surface area contributed by atoms with Crippen molar-refractivity contribution in [3.8, 4) is 0 Å². The van der Waals surface area contributed by atoms with Crippen LogP contribution in [0.5, 0.6) is 0 Å². The Kier molecular flexibility index (Phi) is 3.19. The molecule has 2 aromatic carbocycles. The normalized spacial score (nSPS) is 14.2. The van der Waals surface area contributed by atoms with Gasteiger partial charge in [0.2, 0.25) is 0 Å². The van der Waals surface area contributed by atoms with Gasteiger partial charge in [0.1, 0.15) is 0 Å². The molecule has 2 nitrogen and oxygen atoms in total. The van der Waals surface area contributed by atoms with Crippen molar-refractivity contribution in [3.05, 3.63) is 66.2 Å². The summed E-state index contributed by atoms with van der Waals surface area (Å²) in [6, 6.07) is 18.2. The van der Waals surface area contributed by atoms with Crippen LogP contribution >= 0.6 is 0 Å². The van der Waals surface area contributed by atoms with Crippen LogP contribution in [0.1, 0.15) is 5.56 Å². The Morgan fingerprint density at radius 2 is 1.61 bits per heavy atom. The molecule has 1 heterocycles. The van der Waals surface area contributed by atoms with E-state index in [4.69, 9.17) is 0 Å². The maximum absolute atomic E-state index is 11.9. The summed E-state index contributed by atoms with van der Waals surface area (Å²) in [7, 11) is 0. The molecule has 0 saturated carbocycles. The van der Waals surface area contributed by atoms with E-state index in [1.54, 1.807) is 6.08 Å². The Balaban J connectivity index is 2.05. The van der Waals surface area contributed by atoms with Crippen LogP contribution in [0.15, 0.2) is 60.7 Å². The minimum atomic E-state index is -0.527. The van der Waals surface area contributed by atoms with Gasteiger partial charge in [0.05, 0.1) is 0 Å². The van der Waals surface area contributed by atoms with Gasteiger partial charge in [-0.1, -0.05) is 0 Å². The zero-order chi connectivity index (χ0) is 12.4. The summed E-state index contributed by atoms with van der Waals surface area (Å²) in [5.41, 5.74) is 2.12. The first-order valence-electron chi connectivity index (χ1n) is 5.68. The number of fused-ring (bicyclic) bond motifs is 1. The summed E-state index contributed by atoms with van der Waals surface area (Å²) in [4.78, 5) is 11.9. The topological polar surface area (TPSA) is 29.1 Å². The first-order valence-corrected chi connectivity index (χ1v) is 8.01. The SMILES string of the molecule is O=C1C=C(c2ccccc2)[Te]c2ccccc2N1. The summed E-state index contributed by atoms with van der Waals surface area (Å²) in [6.45, 7) is 0. The van der Waals surface area contributed by atoms with Gasteiger partial charge in [-0.25, -0.2) is 0 Å². The van der Waals surface area contributed by atoms with E-state index in [2.05, 4.69) is 23.5 Å². The van der Waals surface area contributed by atoms with Crippen LogP contribution in [0.4, 0.5) is 5.69 Å². The van der Waals surface area contributed by atoms with Crippen molar-refractivity contribution in [2.24, 2.45) is 0 Å². The maximum atomic E-state index is 11.9. The predicted octanol–water partition coefficient (Wildman–Crippen LogP) is 2.01. The number of anilines is 1. The summed E-state index contributed by atoms with van der Waals surface area (Å²) < 4.78 is 2.47.